The van der Waals surface area contributed by atoms with E-state index in [0.29, 0.717) is 22.6 Å². The molecule has 16 heavy (non-hydrogen) atoms. The molecule has 0 bridgehead atoms. The van der Waals surface area contributed by atoms with Crippen molar-refractivity contribution < 1.29 is 4.52 Å². The van der Waals surface area contributed by atoms with Crippen molar-refractivity contribution in [3.63, 3.8) is 0 Å². The summed E-state index contributed by atoms with van der Waals surface area (Å²) in [5.41, 5.74) is 0. The van der Waals surface area contributed by atoms with E-state index in [1.165, 1.54) is 11.5 Å². The summed E-state index contributed by atoms with van der Waals surface area (Å²) >= 11 is 3.90. The maximum Gasteiger partial charge on any atom is 0.321 e. The van der Waals surface area contributed by atoms with Crippen molar-refractivity contribution >= 4 is 29.5 Å². The van der Waals surface area contributed by atoms with E-state index in [9.17, 15) is 0 Å². The fourth-order valence-corrected chi connectivity index (χ4v) is 4.25. The molecule has 0 saturated carbocycles. The Morgan fingerprint density at radius 1 is 1.38 bits per heavy atom. The van der Waals surface area contributed by atoms with E-state index < -0.39 is 0 Å². The van der Waals surface area contributed by atoms with Gasteiger partial charge in [-0.3, -0.25) is 0 Å². The first kappa shape index (κ1) is 12.1. The van der Waals surface area contributed by atoms with Gasteiger partial charge in [0.1, 0.15) is 0 Å². The Labute approximate surface area is 104 Å². The Morgan fingerprint density at radius 3 is 2.81 bits per heavy atom. The third-order valence-electron chi connectivity index (χ3n) is 2.30. The molecular weight excluding hydrogens is 242 g/mol. The van der Waals surface area contributed by atoms with Gasteiger partial charge < -0.3 is 9.84 Å². The van der Waals surface area contributed by atoms with Gasteiger partial charge in [-0.1, -0.05) is 12.1 Å². The molecule has 90 valence electrons. The summed E-state index contributed by atoms with van der Waals surface area (Å²) < 4.78 is 5.18. The third kappa shape index (κ3) is 2.85. The Kier molecular flexibility index (Phi) is 4.02. The van der Waals surface area contributed by atoms with Crippen LogP contribution in [0.2, 0.25) is 0 Å². The monoisotopic (exact) mass is 259 g/mol. The highest BCUT2D eigenvalue weighted by atomic mass is 32.2. The van der Waals surface area contributed by atoms with E-state index in [0.717, 1.165) is 5.82 Å². The SMILES string of the molecule is CC(C)Nc1nc(C2SCCSC2C)no1. The molecule has 1 fully saturated rings. The minimum Gasteiger partial charge on any atom is -0.336 e. The molecule has 2 heterocycles. The lowest BCUT2D eigenvalue weighted by Gasteiger charge is -2.24. The lowest BCUT2D eigenvalue weighted by molar-refractivity contribution is 0.419. The van der Waals surface area contributed by atoms with Gasteiger partial charge in [0, 0.05) is 22.8 Å². The zero-order valence-electron chi connectivity index (χ0n) is 9.77. The minimum absolute atomic E-state index is 0.319. The summed E-state index contributed by atoms with van der Waals surface area (Å²) in [6.07, 6.45) is 0. The van der Waals surface area contributed by atoms with Gasteiger partial charge in [0.2, 0.25) is 0 Å². The van der Waals surface area contributed by atoms with Gasteiger partial charge >= 0.3 is 6.01 Å². The van der Waals surface area contributed by atoms with Crippen molar-refractivity contribution in [1.29, 1.82) is 0 Å². The van der Waals surface area contributed by atoms with E-state index >= 15 is 0 Å². The molecule has 2 unspecified atom stereocenters. The number of rotatable bonds is 3. The molecule has 0 spiro atoms. The normalized spacial score (nSPS) is 26.0. The molecule has 1 saturated heterocycles. The van der Waals surface area contributed by atoms with Crippen LogP contribution in [0.1, 0.15) is 31.8 Å². The predicted molar refractivity (Wildman–Crippen MR) is 70.2 cm³/mol. The molecule has 1 aliphatic rings. The first-order chi connectivity index (χ1) is 7.66. The minimum atomic E-state index is 0.319. The second-order valence-electron chi connectivity index (χ2n) is 4.12. The van der Waals surface area contributed by atoms with Crippen LogP contribution in [-0.4, -0.2) is 32.9 Å². The molecule has 2 rings (SSSR count). The van der Waals surface area contributed by atoms with Crippen LogP contribution in [0.3, 0.4) is 0 Å². The Morgan fingerprint density at radius 2 is 2.12 bits per heavy atom. The van der Waals surface area contributed by atoms with Gasteiger partial charge in [-0.05, 0) is 13.8 Å². The number of anilines is 1. The molecule has 1 N–H and O–H groups in total. The number of nitrogens with one attached hydrogen (secondary N) is 1. The lowest BCUT2D eigenvalue weighted by atomic mass is 10.3. The summed E-state index contributed by atoms with van der Waals surface area (Å²) in [7, 11) is 0. The van der Waals surface area contributed by atoms with Crippen molar-refractivity contribution in [3.8, 4) is 0 Å². The Balaban J connectivity index is 2.05. The van der Waals surface area contributed by atoms with Crippen molar-refractivity contribution in [2.75, 3.05) is 16.8 Å². The summed E-state index contributed by atoms with van der Waals surface area (Å²) in [5, 5.41) is 8.11. The smallest absolute Gasteiger partial charge is 0.321 e. The van der Waals surface area contributed by atoms with Crippen LogP contribution in [0.5, 0.6) is 0 Å². The molecule has 0 radical (unpaired) electrons. The van der Waals surface area contributed by atoms with Gasteiger partial charge in [-0.15, -0.1) is 11.8 Å². The van der Waals surface area contributed by atoms with Gasteiger partial charge in [-0.25, -0.2) is 0 Å². The van der Waals surface area contributed by atoms with Gasteiger partial charge in [0.15, 0.2) is 5.82 Å². The second-order valence-corrected chi connectivity index (χ2v) is 6.86. The number of aromatic nitrogens is 2. The van der Waals surface area contributed by atoms with E-state index in [1.807, 2.05) is 23.5 Å². The Hall–Kier alpha value is -0.360. The van der Waals surface area contributed by atoms with Crippen LogP contribution >= 0.6 is 23.5 Å². The Bertz CT molecular complexity index is 343. The maximum atomic E-state index is 5.18. The van der Waals surface area contributed by atoms with Crippen LogP contribution in [0.25, 0.3) is 0 Å². The van der Waals surface area contributed by atoms with E-state index in [-0.39, 0.29) is 0 Å². The number of thioether (sulfide) groups is 2. The largest absolute Gasteiger partial charge is 0.336 e. The molecule has 2 atom stereocenters. The summed E-state index contributed by atoms with van der Waals surface area (Å²) in [6, 6.07) is 0.854. The molecule has 1 aliphatic heterocycles. The van der Waals surface area contributed by atoms with Crippen LogP contribution in [0.4, 0.5) is 6.01 Å². The molecule has 6 heteroatoms. The third-order valence-corrected chi connectivity index (χ3v) is 5.38. The average molecular weight is 259 g/mol. The van der Waals surface area contributed by atoms with Crippen molar-refractivity contribution in [2.45, 2.75) is 37.3 Å². The highest BCUT2D eigenvalue weighted by Gasteiger charge is 2.28. The van der Waals surface area contributed by atoms with Gasteiger partial charge in [0.05, 0.1) is 5.25 Å². The zero-order valence-corrected chi connectivity index (χ0v) is 11.4. The van der Waals surface area contributed by atoms with Crippen LogP contribution in [0, 0.1) is 0 Å². The lowest BCUT2D eigenvalue weighted by Crippen LogP contribution is -2.17. The van der Waals surface area contributed by atoms with E-state index in [1.54, 1.807) is 0 Å². The van der Waals surface area contributed by atoms with Crippen molar-refractivity contribution in [2.24, 2.45) is 0 Å². The summed E-state index contributed by atoms with van der Waals surface area (Å²) in [5.74, 6) is 3.21. The fourth-order valence-electron chi connectivity index (χ4n) is 1.57. The van der Waals surface area contributed by atoms with E-state index in [2.05, 4.69) is 36.2 Å². The molecule has 0 amide bonds. The first-order valence-corrected chi connectivity index (χ1v) is 7.60. The number of hydrogen-bond donors (Lipinski definition) is 1. The molecule has 1 aromatic rings. The molecule has 1 aromatic heterocycles. The summed E-state index contributed by atoms with van der Waals surface area (Å²) in [4.78, 5) is 4.40. The van der Waals surface area contributed by atoms with Crippen LogP contribution < -0.4 is 5.32 Å². The molecule has 4 nitrogen and oxygen atoms in total. The molecular formula is C10H17N3OS2. The average Bonchev–Trinajstić information content (AvgIpc) is 2.66. The maximum absolute atomic E-state index is 5.18. The first-order valence-electron chi connectivity index (χ1n) is 5.50. The topological polar surface area (TPSA) is 51.0 Å². The van der Waals surface area contributed by atoms with Gasteiger partial charge in [-0.2, -0.15) is 16.7 Å². The highest BCUT2D eigenvalue weighted by Crippen LogP contribution is 2.41. The zero-order chi connectivity index (χ0) is 11.5. The molecule has 0 aromatic carbocycles. The van der Waals surface area contributed by atoms with Crippen molar-refractivity contribution in [1.82, 2.24) is 10.1 Å². The highest BCUT2D eigenvalue weighted by molar-refractivity contribution is 8.06. The quantitative estimate of drug-likeness (QED) is 0.901. The van der Waals surface area contributed by atoms with Crippen LogP contribution in [-0.2, 0) is 0 Å². The number of hydrogen-bond acceptors (Lipinski definition) is 6. The van der Waals surface area contributed by atoms with Crippen LogP contribution in [0.15, 0.2) is 4.52 Å². The molecule has 0 aliphatic carbocycles. The number of nitrogens with zero attached hydrogens (tertiary/aromatic N) is 2. The fraction of sp³-hybridized carbons (Fsp3) is 0.800. The van der Waals surface area contributed by atoms with E-state index in [4.69, 9.17) is 4.52 Å². The predicted octanol–water partition coefficient (Wildman–Crippen LogP) is 2.80. The summed E-state index contributed by atoms with van der Waals surface area (Å²) in [6.45, 7) is 6.34. The standard InChI is InChI=1S/C10H17N3OS2/c1-6(2)11-10-12-9(13-14-10)8-7(3)15-4-5-16-8/h6-8H,4-5H2,1-3H3,(H,11,12,13). The van der Waals surface area contributed by atoms with Gasteiger partial charge in [0.25, 0.3) is 0 Å². The second kappa shape index (κ2) is 5.31. The van der Waals surface area contributed by atoms with Crippen molar-refractivity contribution in [3.05, 3.63) is 5.82 Å².